The van der Waals surface area contributed by atoms with Gasteiger partial charge in [-0.2, -0.15) is 11.3 Å². The summed E-state index contributed by atoms with van der Waals surface area (Å²) in [5.74, 6) is 0. The molecule has 0 amide bonds. The fourth-order valence-corrected chi connectivity index (χ4v) is 2.58. The number of aromatic nitrogens is 1. The molecular formula is C10H12N2S2. The molecule has 0 aliphatic rings. The van der Waals surface area contributed by atoms with Crippen molar-refractivity contribution in [3.8, 4) is 0 Å². The maximum Gasteiger partial charge on any atom is 0.182 e. The van der Waals surface area contributed by atoms with Crippen molar-refractivity contribution in [3.05, 3.63) is 33.5 Å². The molecule has 0 aliphatic heterocycles. The minimum absolute atomic E-state index is 0.962. The molecule has 2 heterocycles. The van der Waals surface area contributed by atoms with Gasteiger partial charge in [-0.05, 0) is 35.7 Å². The molecule has 0 bridgehead atoms. The van der Waals surface area contributed by atoms with E-state index in [0.29, 0.717) is 0 Å². The van der Waals surface area contributed by atoms with E-state index in [1.807, 2.05) is 6.20 Å². The number of nitrogens with one attached hydrogen (secondary N) is 1. The Labute approximate surface area is 91.6 Å². The highest BCUT2D eigenvalue weighted by Gasteiger charge is 1.97. The molecule has 1 N–H and O–H groups in total. The smallest absolute Gasteiger partial charge is 0.182 e. The van der Waals surface area contributed by atoms with Crippen LogP contribution in [0.2, 0.25) is 0 Å². The average Bonchev–Trinajstić information content (AvgIpc) is 2.77. The summed E-state index contributed by atoms with van der Waals surface area (Å²) in [5.41, 5.74) is 1.40. The molecule has 0 aliphatic carbocycles. The molecule has 2 aromatic rings. The predicted octanol–water partition coefficient (Wildman–Crippen LogP) is 3.17. The number of hydrogen-bond donors (Lipinski definition) is 1. The predicted molar refractivity (Wildman–Crippen MR) is 63.4 cm³/mol. The van der Waals surface area contributed by atoms with Crippen LogP contribution in [0.3, 0.4) is 0 Å². The molecule has 0 spiro atoms. The second-order valence-corrected chi connectivity index (χ2v) is 5.10. The third-order valence-electron chi connectivity index (χ3n) is 1.89. The molecule has 0 atom stereocenters. The molecular weight excluding hydrogens is 212 g/mol. The summed E-state index contributed by atoms with van der Waals surface area (Å²) >= 11 is 3.45. The van der Waals surface area contributed by atoms with Crippen molar-refractivity contribution >= 4 is 27.8 Å². The summed E-state index contributed by atoms with van der Waals surface area (Å²) in [5, 5.41) is 8.64. The number of aryl methyl sites for hydroxylation is 1. The Hall–Kier alpha value is -0.870. The summed E-state index contributed by atoms with van der Waals surface area (Å²) in [6, 6.07) is 2.17. The first-order chi connectivity index (χ1) is 6.84. The van der Waals surface area contributed by atoms with Gasteiger partial charge >= 0.3 is 0 Å². The second-order valence-electron chi connectivity index (χ2n) is 3.08. The van der Waals surface area contributed by atoms with Gasteiger partial charge in [-0.25, -0.2) is 4.98 Å². The lowest BCUT2D eigenvalue weighted by atomic mass is 10.2. The number of thiazole rings is 1. The zero-order valence-corrected chi connectivity index (χ0v) is 9.62. The van der Waals surface area contributed by atoms with Crippen LogP contribution in [0.15, 0.2) is 23.0 Å². The van der Waals surface area contributed by atoms with Crippen LogP contribution in [-0.2, 0) is 6.42 Å². The number of hydrogen-bond acceptors (Lipinski definition) is 4. The van der Waals surface area contributed by atoms with Gasteiger partial charge in [0, 0.05) is 17.6 Å². The second kappa shape index (κ2) is 4.57. The first-order valence-corrected chi connectivity index (χ1v) is 6.28. The third-order valence-corrected chi connectivity index (χ3v) is 3.49. The first-order valence-electron chi connectivity index (χ1n) is 4.52. The van der Waals surface area contributed by atoms with Gasteiger partial charge in [0.05, 0.1) is 0 Å². The quantitative estimate of drug-likeness (QED) is 0.863. The Morgan fingerprint density at radius 3 is 3.07 bits per heavy atom. The van der Waals surface area contributed by atoms with Gasteiger partial charge in [0.15, 0.2) is 5.13 Å². The highest BCUT2D eigenvalue weighted by Crippen LogP contribution is 2.16. The Morgan fingerprint density at radius 2 is 2.43 bits per heavy atom. The van der Waals surface area contributed by atoms with Crippen LogP contribution in [0, 0.1) is 6.92 Å². The Kier molecular flexibility index (Phi) is 3.16. The number of anilines is 1. The van der Waals surface area contributed by atoms with Gasteiger partial charge in [0.1, 0.15) is 0 Å². The molecule has 0 saturated carbocycles. The molecule has 2 aromatic heterocycles. The fraction of sp³-hybridized carbons (Fsp3) is 0.300. The zero-order valence-electron chi connectivity index (χ0n) is 7.99. The van der Waals surface area contributed by atoms with Crippen molar-refractivity contribution in [2.75, 3.05) is 11.9 Å². The van der Waals surface area contributed by atoms with Gasteiger partial charge in [-0.1, -0.05) is 0 Å². The molecule has 0 unspecified atom stereocenters. The van der Waals surface area contributed by atoms with Crippen molar-refractivity contribution in [3.63, 3.8) is 0 Å². The lowest BCUT2D eigenvalue weighted by Crippen LogP contribution is -2.03. The highest BCUT2D eigenvalue weighted by molar-refractivity contribution is 7.15. The monoisotopic (exact) mass is 224 g/mol. The summed E-state index contributed by atoms with van der Waals surface area (Å²) in [6.07, 6.45) is 2.97. The SMILES string of the molecule is Cc1cnc(NCCc2ccsc2)s1. The lowest BCUT2D eigenvalue weighted by molar-refractivity contribution is 1.02. The molecule has 2 rings (SSSR count). The van der Waals surface area contributed by atoms with Crippen molar-refractivity contribution in [2.45, 2.75) is 13.3 Å². The van der Waals surface area contributed by atoms with Crippen molar-refractivity contribution < 1.29 is 0 Å². The standard InChI is InChI=1S/C10H12N2S2/c1-8-6-12-10(14-8)11-4-2-9-3-5-13-7-9/h3,5-7H,2,4H2,1H3,(H,11,12). The van der Waals surface area contributed by atoms with Crippen LogP contribution in [0.5, 0.6) is 0 Å². The number of nitrogens with zero attached hydrogens (tertiary/aromatic N) is 1. The minimum Gasteiger partial charge on any atom is -0.361 e. The number of thiophene rings is 1. The molecule has 2 nitrogen and oxygen atoms in total. The van der Waals surface area contributed by atoms with Crippen molar-refractivity contribution in [1.29, 1.82) is 0 Å². The van der Waals surface area contributed by atoms with E-state index in [4.69, 9.17) is 0 Å². The summed E-state index contributed by atoms with van der Waals surface area (Å²) in [6.45, 7) is 3.03. The first kappa shape index (κ1) is 9.68. The summed E-state index contributed by atoms with van der Waals surface area (Å²) in [7, 11) is 0. The molecule has 14 heavy (non-hydrogen) atoms. The maximum absolute atomic E-state index is 4.24. The Bertz CT molecular complexity index is 378. The zero-order chi connectivity index (χ0) is 9.80. The molecule has 74 valence electrons. The van der Waals surface area contributed by atoms with Gasteiger partial charge < -0.3 is 5.32 Å². The van der Waals surface area contributed by atoms with E-state index in [0.717, 1.165) is 18.1 Å². The molecule has 0 aromatic carbocycles. The van der Waals surface area contributed by atoms with Gasteiger partial charge in [-0.3, -0.25) is 0 Å². The molecule has 4 heteroatoms. The highest BCUT2D eigenvalue weighted by atomic mass is 32.1. The van der Waals surface area contributed by atoms with E-state index in [-0.39, 0.29) is 0 Å². The van der Waals surface area contributed by atoms with Crippen LogP contribution >= 0.6 is 22.7 Å². The van der Waals surface area contributed by atoms with Crippen LogP contribution in [0.25, 0.3) is 0 Å². The van der Waals surface area contributed by atoms with E-state index >= 15 is 0 Å². The summed E-state index contributed by atoms with van der Waals surface area (Å²) in [4.78, 5) is 5.50. The topological polar surface area (TPSA) is 24.9 Å². The molecule has 0 fully saturated rings. The fourth-order valence-electron chi connectivity index (χ4n) is 1.19. The molecule has 0 saturated heterocycles. The van der Waals surface area contributed by atoms with Crippen LogP contribution in [0.1, 0.15) is 10.4 Å². The van der Waals surface area contributed by atoms with Crippen LogP contribution < -0.4 is 5.32 Å². The van der Waals surface area contributed by atoms with Crippen molar-refractivity contribution in [2.24, 2.45) is 0 Å². The van der Waals surface area contributed by atoms with Crippen LogP contribution in [0.4, 0.5) is 5.13 Å². The minimum atomic E-state index is 0.962. The van der Waals surface area contributed by atoms with Gasteiger partial charge in [0.2, 0.25) is 0 Å². The maximum atomic E-state index is 4.24. The van der Waals surface area contributed by atoms with E-state index in [2.05, 4.69) is 34.1 Å². The third kappa shape index (κ3) is 2.56. The van der Waals surface area contributed by atoms with Gasteiger partial charge in [0.25, 0.3) is 0 Å². The van der Waals surface area contributed by atoms with E-state index in [1.165, 1.54) is 10.4 Å². The normalized spacial score (nSPS) is 10.4. The lowest BCUT2D eigenvalue weighted by Gasteiger charge is -1.99. The molecule has 0 radical (unpaired) electrons. The average molecular weight is 224 g/mol. The van der Waals surface area contributed by atoms with Crippen molar-refractivity contribution in [1.82, 2.24) is 4.98 Å². The largest absolute Gasteiger partial charge is 0.361 e. The number of rotatable bonds is 4. The van der Waals surface area contributed by atoms with E-state index in [1.54, 1.807) is 22.7 Å². The Morgan fingerprint density at radius 1 is 1.50 bits per heavy atom. The summed E-state index contributed by atoms with van der Waals surface area (Å²) < 4.78 is 0. The van der Waals surface area contributed by atoms with Gasteiger partial charge in [-0.15, -0.1) is 11.3 Å². The van der Waals surface area contributed by atoms with E-state index in [9.17, 15) is 0 Å². The van der Waals surface area contributed by atoms with Crippen LogP contribution in [-0.4, -0.2) is 11.5 Å². The Balaban J connectivity index is 1.78. The van der Waals surface area contributed by atoms with E-state index < -0.39 is 0 Å².